The summed E-state index contributed by atoms with van der Waals surface area (Å²) < 4.78 is 30.0. The van der Waals surface area contributed by atoms with Crippen LogP contribution in [0.5, 0.6) is 0 Å². The first-order chi connectivity index (χ1) is 19.3. The van der Waals surface area contributed by atoms with E-state index >= 15 is 0 Å². The summed E-state index contributed by atoms with van der Waals surface area (Å²) in [6.45, 7) is 4.06. The number of benzene rings is 2. The molecule has 2 fully saturated rings. The van der Waals surface area contributed by atoms with Gasteiger partial charge in [0, 0.05) is 54.0 Å². The molecule has 1 aliphatic carbocycles. The van der Waals surface area contributed by atoms with Gasteiger partial charge < -0.3 is 19.7 Å². The highest BCUT2D eigenvalue weighted by molar-refractivity contribution is 7.94. The van der Waals surface area contributed by atoms with Crippen LogP contribution in [0.15, 0.2) is 67.0 Å². The van der Waals surface area contributed by atoms with E-state index in [1.54, 1.807) is 12.3 Å². The monoisotopic (exact) mass is 559 g/mol. The normalized spacial score (nSPS) is 17.4. The molecule has 1 saturated heterocycles. The van der Waals surface area contributed by atoms with Crippen LogP contribution in [0, 0.1) is 0 Å². The third kappa shape index (κ3) is 5.13. The first kappa shape index (κ1) is 26.6. The molecule has 4 aromatic rings. The molecule has 2 aromatic carbocycles. The molecule has 2 N–H and O–H groups in total. The molecule has 0 bridgehead atoms. The van der Waals surface area contributed by atoms with Crippen molar-refractivity contribution >= 4 is 44.1 Å². The topological polar surface area (TPSA) is 95.4 Å². The van der Waals surface area contributed by atoms with Gasteiger partial charge in [0.05, 0.1) is 10.4 Å². The number of hydrogen-bond donors (Lipinski definition) is 2. The van der Waals surface area contributed by atoms with Gasteiger partial charge in [-0.05, 0) is 94.7 Å². The number of hydrogen-bond acceptors (Lipinski definition) is 7. The zero-order valence-corrected chi connectivity index (χ0v) is 24.2. The van der Waals surface area contributed by atoms with Crippen LogP contribution in [0.25, 0.3) is 16.7 Å². The smallest absolute Gasteiger partial charge is 0.238 e. The molecule has 1 aliphatic heterocycles. The summed E-state index contributed by atoms with van der Waals surface area (Å²) in [6, 6.07) is 18.5. The summed E-state index contributed by atoms with van der Waals surface area (Å²) in [4.78, 5) is 14.1. The summed E-state index contributed by atoms with van der Waals surface area (Å²) in [6.07, 6.45) is 8.13. The van der Waals surface area contributed by atoms with Gasteiger partial charge in [-0.3, -0.25) is 4.72 Å². The van der Waals surface area contributed by atoms with Crippen LogP contribution < -0.4 is 14.9 Å². The van der Waals surface area contributed by atoms with Gasteiger partial charge in [0.2, 0.25) is 16.0 Å². The molecule has 40 heavy (non-hydrogen) atoms. The zero-order chi connectivity index (χ0) is 27.9. The highest BCUT2D eigenvalue weighted by atomic mass is 32.2. The molecule has 6 rings (SSSR count). The standard InChI is InChI=1S/C30H37N7O2S/c1-4-30(15-16-30)40(38,39)34-24-6-5-7-27(20-24)37-19-12-22-21-31-29(33-28(22)37)32-23-8-10-26(11-9-23)36-17-13-25(14-18-36)35(2)3/h5-12,19-21,25,34H,4,13-18H2,1-3H3,(H,31,32,33). The van der Waals surface area contributed by atoms with E-state index in [1.807, 2.05) is 42.0 Å². The van der Waals surface area contributed by atoms with E-state index in [0.29, 0.717) is 36.9 Å². The Labute approximate surface area is 236 Å². The van der Waals surface area contributed by atoms with Crippen LogP contribution in [0.2, 0.25) is 0 Å². The second-order valence-electron chi connectivity index (χ2n) is 11.2. The van der Waals surface area contributed by atoms with Crippen molar-refractivity contribution in [2.75, 3.05) is 42.1 Å². The second kappa shape index (κ2) is 10.4. The van der Waals surface area contributed by atoms with Crippen molar-refractivity contribution in [1.29, 1.82) is 0 Å². The minimum absolute atomic E-state index is 0.502. The summed E-state index contributed by atoms with van der Waals surface area (Å²) in [7, 11) is 0.887. The van der Waals surface area contributed by atoms with E-state index in [-0.39, 0.29) is 0 Å². The number of nitrogens with one attached hydrogen (secondary N) is 2. The second-order valence-corrected chi connectivity index (χ2v) is 13.3. The average Bonchev–Trinajstić information content (AvgIpc) is 3.67. The first-order valence-corrected chi connectivity index (χ1v) is 15.5. The van der Waals surface area contributed by atoms with Gasteiger partial charge >= 0.3 is 0 Å². The number of anilines is 4. The van der Waals surface area contributed by atoms with Gasteiger partial charge in [0.25, 0.3) is 0 Å². The van der Waals surface area contributed by atoms with Gasteiger partial charge in [-0.15, -0.1) is 0 Å². The lowest BCUT2D eigenvalue weighted by molar-refractivity contribution is 0.249. The summed E-state index contributed by atoms with van der Waals surface area (Å²) in [5.74, 6) is 0.502. The minimum Gasteiger partial charge on any atom is -0.371 e. The third-order valence-corrected chi connectivity index (χ3v) is 10.9. The summed E-state index contributed by atoms with van der Waals surface area (Å²) >= 11 is 0. The van der Waals surface area contributed by atoms with Crippen LogP contribution in [-0.2, 0) is 10.0 Å². The molecule has 0 radical (unpaired) electrons. The number of aromatic nitrogens is 3. The van der Waals surface area contributed by atoms with Crippen LogP contribution >= 0.6 is 0 Å². The number of rotatable bonds is 9. The summed E-state index contributed by atoms with van der Waals surface area (Å²) in [5, 5.41) is 4.24. The fourth-order valence-corrected chi connectivity index (χ4v) is 7.32. The van der Waals surface area contributed by atoms with Crippen molar-refractivity contribution in [2.45, 2.75) is 49.8 Å². The van der Waals surface area contributed by atoms with Crippen LogP contribution in [-0.4, -0.2) is 65.8 Å². The zero-order valence-electron chi connectivity index (χ0n) is 23.3. The number of nitrogens with zero attached hydrogens (tertiary/aromatic N) is 5. The Bertz CT molecular complexity index is 1600. The Kier molecular flexibility index (Phi) is 6.92. The molecule has 2 aromatic heterocycles. The molecule has 2 aliphatic rings. The molecule has 210 valence electrons. The summed E-state index contributed by atoms with van der Waals surface area (Å²) in [5.41, 5.74) is 4.27. The molecular weight excluding hydrogens is 522 g/mol. The van der Waals surface area contributed by atoms with Crippen LogP contribution in [0.3, 0.4) is 0 Å². The van der Waals surface area contributed by atoms with Crippen LogP contribution in [0.4, 0.5) is 23.0 Å². The molecule has 1 saturated carbocycles. The van der Waals surface area contributed by atoms with Gasteiger partial charge in [0.15, 0.2) is 0 Å². The molecule has 0 atom stereocenters. The number of fused-ring (bicyclic) bond motifs is 1. The SMILES string of the molecule is CCC1(S(=O)(=O)Nc2cccc(-n3ccc4cnc(Nc5ccc(N6CCC(N(C)C)CC6)cc5)nc43)c2)CC1. The Morgan fingerprint density at radius 3 is 2.42 bits per heavy atom. The quantitative estimate of drug-likeness (QED) is 0.284. The maximum atomic E-state index is 12.9. The lowest BCUT2D eigenvalue weighted by Crippen LogP contribution is -2.41. The predicted octanol–water partition coefficient (Wildman–Crippen LogP) is 5.38. The largest absolute Gasteiger partial charge is 0.371 e. The van der Waals surface area contributed by atoms with E-state index in [0.717, 1.165) is 35.5 Å². The van der Waals surface area contributed by atoms with Crippen molar-refractivity contribution in [2.24, 2.45) is 0 Å². The van der Waals surface area contributed by atoms with Crippen molar-refractivity contribution in [1.82, 2.24) is 19.4 Å². The Morgan fingerprint density at radius 1 is 1.00 bits per heavy atom. The predicted molar refractivity (Wildman–Crippen MR) is 162 cm³/mol. The maximum absolute atomic E-state index is 12.9. The van der Waals surface area contributed by atoms with E-state index in [9.17, 15) is 8.42 Å². The van der Waals surface area contributed by atoms with Crippen LogP contribution in [0.1, 0.15) is 39.0 Å². The molecule has 0 unspecified atom stereocenters. The highest BCUT2D eigenvalue weighted by Crippen LogP contribution is 2.46. The van der Waals surface area contributed by atoms with E-state index in [1.165, 1.54) is 18.5 Å². The molecule has 9 nitrogen and oxygen atoms in total. The molecule has 10 heteroatoms. The van der Waals surface area contributed by atoms with E-state index in [4.69, 9.17) is 4.98 Å². The maximum Gasteiger partial charge on any atom is 0.238 e. The van der Waals surface area contributed by atoms with Crippen molar-refractivity contribution in [3.8, 4) is 5.69 Å². The van der Waals surface area contributed by atoms with Gasteiger partial charge in [0.1, 0.15) is 5.65 Å². The van der Waals surface area contributed by atoms with Crippen molar-refractivity contribution in [3.05, 3.63) is 67.0 Å². The number of piperidine rings is 1. The Morgan fingerprint density at radius 2 is 1.75 bits per heavy atom. The Hall–Kier alpha value is -3.63. The minimum atomic E-state index is -3.44. The lowest BCUT2D eigenvalue weighted by Gasteiger charge is -2.36. The highest BCUT2D eigenvalue weighted by Gasteiger charge is 2.53. The average molecular weight is 560 g/mol. The Balaban J connectivity index is 1.18. The molecule has 0 amide bonds. The third-order valence-electron chi connectivity index (χ3n) is 8.51. The van der Waals surface area contributed by atoms with E-state index in [2.05, 4.69) is 63.2 Å². The fraction of sp³-hybridized carbons (Fsp3) is 0.400. The van der Waals surface area contributed by atoms with Crippen molar-refractivity contribution < 1.29 is 8.42 Å². The molecule has 0 spiro atoms. The van der Waals surface area contributed by atoms with E-state index < -0.39 is 14.8 Å². The molecular formula is C30H37N7O2S. The lowest BCUT2D eigenvalue weighted by atomic mass is 10.0. The van der Waals surface area contributed by atoms with Gasteiger partial charge in [-0.25, -0.2) is 13.4 Å². The van der Waals surface area contributed by atoms with Gasteiger partial charge in [-0.2, -0.15) is 4.98 Å². The fourth-order valence-electron chi connectivity index (χ4n) is 5.65. The van der Waals surface area contributed by atoms with Gasteiger partial charge in [-0.1, -0.05) is 13.0 Å². The number of sulfonamides is 1. The first-order valence-electron chi connectivity index (χ1n) is 14.0. The van der Waals surface area contributed by atoms with Crippen molar-refractivity contribution in [3.63, 3.8) is 0 Å². The molecule has 3 heterocycles.